The van der Waals surface area contributed by atoms with Crippen LogP contribution in [0.25, 0.3) is 0 Å². The molecular weight excluding hydrogens is 445 g/mol. The summed E-state index contributed by atoms with van der Waals surface area (Å²) >= 11 is 0. The van der Waals surface area contributed by atoms with Crippen molar-refractivity contribution in [3.05, 3.63) is 0 Å². The third-order valence-electron chi connectivity index (χ3n) is 4.05. The van der Waals surface area contributed by atoms with Crippen LogP contribution in [-0.4, -0.2) is 87.2 Å². The van der Waals surface area contributed by atoms with E-state index in [4.69, 9.17) is 4.74 Å². The fourth-order valence-corrected chi connectivity index (χ4v) is 2.64. The molecule has 0 aromatic rings. The largest absolute Gasteiger partial charge is 0.381 e. The second-order valence-corrected chi connectivity index (χ2v) is 6.86. The first kappa shape index (κ1) is 25.4. The summed E-state index contributed by atoms with van der Waals surface area (Å²) in [5, 5.41) is 6.67. The first-order chi connectivity index (χ1) is 12.0. The van der Waals surface area contributed by atoms with Crippen LogP contribution in [-0.2, 0) is 9.53 Å². The quantitative estimate of drug-likeness (QED) is 0.213. The Hall–Kier alpha value is -0.610. The molecule has 1 rings (SSSR count). The van der Waals surface area contributed by atoms with Crippen LogP contribution in [0.5, 0.6) is 0 Å². The van der Waals surface area contributed by atoms with Crippen molar-refractivity contribution in [1.82, 2.24) is 20.4 Å². The molecular formula is C18H38IN5O2. The first-order valence-electron chi connectivity index (χ1n) is 9.60. The third kappa shape index (κ3) is 11.9. The van der Waals surface area contributed by atoms with Crippen molar-refractivity contribution < 1.29 is 9.53 Å². The normalized spacial score (nSPS) is 15.7. The molecule has 0 spiro atoms. The van der Waals surface area contributed by atoms with E-state index in [1.165, 1.54) is 0 Å². The highest BCUT2D eigenvalue weighted by atomic mass is 127. The summed E-state index contributed by atoms with van der Waals surface area (Å²) in [6, 6.07) is 0. The SMILES string of the molecule is CCNC(=NCCCOCC(C)C)NCCN1CCN(C(C)=O)CC1.I. The lowest BCUT2D eigenvalue weighted by Crippen LogP contribution is -2.50. The van der Waals surface area contributed by atoms with Gasteiger partial charge in [-0.2, -0.15) is 0 Å². The molecule has 1 saturated heterocycles. The number of guanidine groups is 1. The van der Waals surface area contributed by atoms with Crippen LogP contribution in [0.3, 0.4) is 0 Å². The predicted molar refractivity (Wildman–Crippen MR) is 118 cm³/mol. The zero-order valence-corrected chi connectivity index (χ0v) is 19.3. The number of carbonyl (C=O) groups excluding carboxylic acids is 1. The number of nitrogens with one attached hydrogen (secondary N) is 2. The molecule has 1 amide bonds. The van der Waals surface area contributed by atoms with Crippen LogP contribution < -0.4 is 10.6 Å². The summed E-state index contributed by atoms with van der Waals surface area (Å²) in [7, 11) is 0. The highest BCUT2D eigenvalue weighted by molar-refractivity contribution is 14.0. The fraction of sp³-hybridized carbons (Fsp3) is 0.889. The lowest BCUT2D eigenvalue weighted by molar-refractivity contribution is -0.130. The number of nitrogens with zero attached hydrogens (tertiary/aromatic N) is 3. The predicted octanol–water partition coefficient (Wildman–Crippen LogP) is 1.39. The Morgan fingerprint density at radius 3 is 2.46 bits per heavy atom. The van der Waals surface area contributed by atoms with E-state index in [9.17, 15) is 4.79 Å². The fourth-order valence-electron chi connectivity index (χ4n) is 2.64. The Balaban J connectivity index is 0.00000625. The minimum absolute atomic E-state index is 0. The van der Waals surface area contributed by atoms with Gasteiger partial charge in [-0.3, -0.25) is 14.7 Å². The van der Waals surface area contributed by atoms with Gasteiger partial charge in [0.15, 0.2) is 5.96 Å². The van der Waals surface area contributed by atoms with Crippen LogP contribution in [0.15, 0.2) is 4.99 Å². The van der Waals surface area contributed by atoms with E-state index >= 15 is 0 Å². The van der Waals surface area contributed by atoms with Crippen molar-refractivity contribution in [2.24, 2.45) is 10.9 Å². The molecule has 154 valence electrons. The van der Waals surface area contributed by atoms with Crippen LogP contribution in [0, 0.1) is 5.92 Å². The molecule has 0 radical (unpaired) electrons. The van der Waals surface area contributed by atoms with Crippen LogP contribution >= 0.6 is 24.0 Å². The van der Waals surface area contributed by atoms with E-state index in [1.54, 1.807) is 6.92 Å². The van der Waals surface area contributed by atoms with Gasteiger partial charge in [-0.05, 0) is 19.3 Å². The second kappa shape index (κ2) is 15.4. The van der Waals surface area contributed by atoms with Crippen molar-refractivity contribution in [1.29, 1.82) is 0 Å². The van der Waals surface area contributed by atoms with E-state index in [2.05, 4.69) is 41.3 Å². The summed E-state index contributed by atoms with van der Waals surface area (Å²) in [6.07, 6.45) is 0.941. The lowest BCUT2D eigenvalue weighted by Gasteiger charge is -2.34. The highest BCUT2D eigenvalue weighted by Crippen LogP contribution is 2.01. The molecule has 26 heavy (non-hydrogen) atoms. The van der Waals surface area contributed by atoms with Gasteiger partial charge in [-0.15, -0.1) is 24.0 Å². The van der Waals surface area contributed by atoms with E-state index in [1.807, 2.05) is 4.90 Å². The average molecular weight is 483 g/mol. The minimum Gasteiger partial charge on any atom is -0.381 e. The van der Waals surface area contributed by atoms with Crippen molar-refractivity contribution in [2.75, 3.05) is 65.6 Å². The summed E-state index contributed by atoms with van der Waals surface area (Å²) < 4.78 is 5.58. The zero-order valence-electron chi connectivity index (χ0n) is 16.9. The summed E-state index contributed by atoms with van der Waals surface area (Å²) in [6.45, 7) is 16.6. The number of amides is 1. The summed E-state index contributed by atoms with van der Waals surface area (Å²) in [4.78, 5) is 20.2. The lowest BCUT2D eigenvalue weighted by atomic mass is 10.2. The number of halogens is 1. The first-order valence-corrected chi connectivity index (χ1v) is 9.60. The molecule has 1 aliphatic heterocycles. The third-order valence-corrected chi connectivity index (χ3v) is 4.05. The van der Waals surface area contributed by atoms with Gasteiger partial charge in [0.25, 0.3) is 0 Å². The van der Waals surface area contributed by atoms with Crippen LogP contribution in [0.1, 0.15) is 34.1 Å². The number of hydrogen-bond donors (Lipinski definition) is 2. The molecule has 7 nitrogen and oxygen atoms in total. The van der Waals surface area contributed by atoms with Crippen molar-refractivity contribution in [3.63, 3.8) is 0 Å². The Kier molecular flexibility index (Phi) is 15.1. The van der Waals surface area contributed by atoms with Gasteiger partial charge in [0.2, 0.25) is 5.91 Å². The Morgan fingerprint density at radius 2 is 1.88 bits per heavy atom. The Labute approximate surface area is 176 Å². The van der Waals surface area contributed by atoms with E-state index in [-0.39, 0.29) is 29.9 Å². The van der Waals surface area contributed by atoms with Gasteiger partial charge in [-0.25, -0.2) is 0 Å². The van der Waals surface area contributed by atoms with Crippen molar-refractivity contribution in [2.45, 2.75) is 34.1 Å². The standard InChI is InChI=1S/C18H37N5O2.HI/c1-5-19-18(20-7-6-14-25-15-16(2)3)21-8-9-22-10-12-23(13-11-22)17(4)24;/h16H,5-15H2,1-4H3,(H2,19,20,21);1H. The molecule has 0 unspecified atom stereocenters. The maximum absolute atomic E-state index is 11.3. The van der Waals surface area contributed by atoms with Gasteiger partial charge in [0.1, 0.15) is 0 Å². The molecule has 0 saturated carbocycles. The molecule has 1 fully saturated rings. The van der Waals surface area contributed by atoms with Gasteiger partial charge in [0, 0.05) is 72.5 Å². The summed E-state index contributed by atoms with van der Waals surface area (Å²) in [5.74, 6) is 1.63. The van der Waals surface area contributed by atoms with Crippen LogP contribution in [0.4, 0.5) is 0 Å². The molecule has 1 heterocycles. The molecule has 0 aromatic heterocycles. The Bertz CT molecular complexity index is 399. The van der Waals surface area contributed by atoms with E-state index in [0.29, 0.717) is 5.92 Å². The maximum atomic E-state index is 11.3. The topological polar surface area (TPSA) is 69.2 Å². The minimum atomic E-state index is 0. The number of rotatable bonds is 10. The van der Waals surface area contributed by atoms with Gasteiger partial charge >= 0.3 is 0 Å². The second-order valence-electron chi connectivity index (χ2n) is 6.86. The molecule has 0 bridgehead atoms. The molecule has 2 N–H and O–H groups in total. The molecule has 0 aliphatic carbocycles. The average Bonchev–Trinajstić information content (AvgIpc) is 2.58. The van der Waals surface area contributed by atoms with Crippen LogP contribution in [0.2, 0.25) is 0 Å². The molecule has 0 atom stereocenters. The van der Waals surface area contributed by atoms with Gasteiger partial charge < -0.3 is 20.3 Å². The van der Waals surface area contributed by atoms with Gasteiger partial charge in [-0.1, -0.05) is 13.8 Å². The number of carbonyl (C=O) groups is 1. The number of hydrogen-bond acceptors (Lipinski definition) is 4. The number of piperazine rings is 1. The van der Waals surface area contributed by atoms with E-state index < -0.39 is 0 Å². The molecule has 1 aliphatic rings. The maximum Gasteiger partial charge on any atom is 0.219 e. The van der Waals surface area contributed by atoms with Crippen molar-refractivity contribution in [3.8, 4) is 0 Å². The summed E-state index contributed by atoms with van der Waals surface area (Å²) in [5.41, 5.74) is 0. The van der Waals surface area contributed by atoms with E-state index in [0.717, 1.165) is 78.0 Å². The smallest absolute Gasteiger partial charge is 0.219 e. The zero-order chi connectivity index (χ0) is 18.5. The number of ether oxygens (including phenoxy) is 1. The molecule has 0 aromatic carbocycles. The van der Waals surface area contributed by atoms with Gasteiger partial charge in [0.05, 0.1) is 0 Å². The Morgan fingerprint density at radius 1 is 1.19 bits per heavy atom. The monoisotopic (exact) mass is 483 g/mol. The number of aliphatic imine (C=N–C) groups is 1. The highest BCUT2D eigenvalue weighted by Gasteiger charge is 2.17. The van der Waals surface area contributed by atoms with Crippen molar-refractivity contribution >= 4 is 35.8 Å². The molecule has 8 heteroatoms.